The van der Waals surface area contributed by atoms with Crippen LogP contribution in [0.1, 0.15) is 16.7 Å². The second kappa shape index (κ2) is 7.09. The average Bonchev–Trinajstić information content (AvgIpc) is 3.13. The van der Waals surface area contributed by atoms with Crippen molar-refractivity contribution in [3.63, 3.8) is 0 Å². The molecule has 4 rings (SSSR count). The topological polar surface area (TPSA) is 92.1 Å². The van der Waals surface area contributed by atoms with E-state index in [-0.39, 0.29) is 5.69 Å². The molecule has 0 atom stereocenters. The van der Waals surface area contributed by atoms with Crippen LogP contribution in [0.5, 0.6) is 0 Å². The molecule has 0 radical (unpaired) electrons. The number of hydrogen-bond donors (Lipinski definition) is 0. The van der Waals surface area contributed by atoms with Crippen molar-refractivity contribution in [1.29, 1.82) is 0 Å². The second-order valence-electron chi connectivity index (χ2n) is 7.84. The van der Waals surface area contributed by atoms with E-state index < -0.39 is 16.2 Å². The molecular formula is C23H22N4O4. The van der Waals surface area contributed by atoms with E-state index in [0.717, 1.165) is 21.4 Å². The minimum absolute atomic E-state index is 0.0277. The molecule has 2 aromatic carbocycles. The minimum atomic E-state index is -0.445. The van der Waals surface area contributed by atoms with Gasteiger partial charge >= 0.3 is 5.69 Å². The van der Waals surface area contributed by atoms with Crippen molar-refractivity contribution in [2.24, 2.45) is 14.1 Å². The maximum atomic E-state index is 13.1. The van der Waals surface area contributed by atoms with Gasteiger partial charge in [-0.05, 0) is 44.0 Å². The van der Waals surface area contributed by atoms with Gasteiger partial charge in [0.1, 0.15) is 0 Å². The SMILES string of the molecule is Cc1ccc(-n2cc3c(c2-c2ccc(C)c([N+](=O)[O-])c2)c(=O)n(C)c(=O)n3C)cc1C. The van der Waals surface area contributed by atoms with Gasteiger partial charge in [-0.2, -0.15) is 0 Å². The smallest absolute Gasteiger partial charge is 0.314 e. The van der Waals surface area contributed by atoms with Crippen LogP contribution in [-0.4, -0.2) is 18.6 Å². The molecule has 0 aliphatic heterocycles. The molecule has 158 valence electrons. The number of aromatic nitrogens is 3. The first-order chi connectivity index (χ1) is 14.6. The van der Waals surface area contributed by atoms with Gasteiger partial charge in [0, 0.05) is 43.2 Å². The first-order valence-electron chi connectivity index (χ1n) is 9.76. The molecule has 2 aromatic heterocycles. The zero-order valence-corrected chi connectivity index (χ0v) is 18.0. The summed E-state index contributed by atoms with van der Waals surface area (Å²) >= 11 is 0. The third-order valence-corrected chi connectivity index (χ3v) is 5.89. The van der Waals surface area contributed by atoms with Crippen LogP contribution in [0.25, 0.3) is 27.8 Å². The van der Waals surface area contributed by atoms with E-state index in [4.69, 9.17) is 0 Å². The lowest BCUT2D eigenvalue weighted by molar-refractivity contribution is -0.385. The standard InChI is InChI=1S/C23H22N4O4/c1-13-7-9-17(10-15(13)3)26-12-19-20(22(28)25(5)23(29)24(19)4)21(26)16-8-6-14(2)18(11-16)27(30)31/h6-12H,1-5H3. The zero-order valence-electron chi connectivity index (χ0n) is 18.0. The summed E-state index contributed by atoms with van der Waals surface area (Å²) in [6.45, 7) is 5.67. The maximum absolute atomic E-state index is 13.1. The number of aryl methyl sites for hydroxylation is 4. The molecule has 0 aliphatic rings. The summed E-state index contributed by atoms with van der Waals surface area (Å²) in [6, 6.07) is 10.8. The lowest BCUT2D eigenvalue weighted by atomic mass is 10.0. The summed E-state index contributed by atoms with van der Waals surface area (Å²) in [6.07, 6.45) is 1.74. The molecule has 0 bridgehead atoms. The van der Waals surface area contributed by atoms with Crippen LogP contribution in [0.3, 0.4) is 0 Å². The third-order valence-electron chi connectivity index (χ3n) is 5.89. The molecule has 0 aliphatic carbocycles. The van der Waals surface area contributed by atoms with Crippen LogP contribution in [0.15, 0.2) is 52.2 Å². The van der Waals surface area contributed by atoms with Crippen LogP contribution in [0.2, 0.25) is 0 Å². The minimum Gasteiger partial charge on any atom is -0.314 e. The molecule has 0 unspecified atom stereocenters. The Bertz CT molecular complexity index is 1510. The Labute approximate surface area is 177 Å². The number of nitro benzene ring substituents is 1. The fourth-order valence-electron chi connectivity index (χ4n) is 3.86. The molecule has 0 saturated heterocycles. The van der Waals surface area contributed by atoms with Crippen LogP contribution in [0.4, 0.5) is 5.69 Å². The summed E-state index contributed by atoms with van der Waals surface area (Å²) in [5.74, 6) is 0. The van der Waals surface area contributed by atoms with Gasteiger partial charge in [0.25, 0.3) is 11.2 Å². The highest BCUT2D eigenvalue weighted by atomic mass is 16.6. The van der Waals surface area contributed by atoms with Crippen molar-refractivity contribution < 1.29 is 4.92 Å². The van der Waals surface area contributed by atoms with Crippen molar-refractivity contribution in [3.05, 3.63) is 90.2 Å². The number of nitrogens with zero attached hydrogens (tertiary/aromatic N) is 4. The molecule has 0 amide bonds. The Balaban J connectivity index is 2.20. The van der Waals surface area contributed by atoms with E-state index in [1.54, 1.807) is 32.3 Å². The molecule has 0 fully saturated rings. The molecule has 2 heterocycles. The van der Waals surface area contributed by atoms with E-state index in [9.17, 15) is 19.7 Å². The molecule has 31 heavy (non-hydrogen) atoms. The number of nitro groups is 1. The van der Waals surface area contributed by atoms with Crippen molar-refractivity contribution in [3.8, 4) is 16.9 Å². The average molecular weight is 418 g/mol. The highest BCUT2D eigenvalue weighted by Gasteiger charge is 2.22. The Morgan fingerprint density at radius 2 is 1.55 bits per heavy atom. The molecule has 8 heteroatoms. The first kappa shape index (κ1) is 20.3. The molecule has 0 saturated carbocycles. The Morgan fingerprint density at radius 1 is 0.871 bits per heavy atom. The Kier molecular flexibility index (Phi) is 4.65. The van der Waals surface area contributed by atoms with Gasteiger partial charge in [0.15, 0.2) is 0 Å². The quantitative estimate of drug-likeness (QED) is 0.376. The van der Waals surface area contributed by atoms with E-state index in [0.29, 0.717) is 27.7 Å². The Morgan fingerprint density at radius 3 is 2.19 bits per heavy atom. The van der Waals surface area contributed by atoms with Crippen molar-refractivity contribution in [1.82, 2.24) is 13.7 Å². The number of benzene rings is 2. The molecular weight excluding hydrogens is 396 g/mol. The van der Waals surface area contributed by atoms with Gasteiger partial charge in [-0.1, -0.05) is 18.2 Å². The van der Waals surface area contributed by atoms with Crippen molar-refractivity contribution >= 4 is 16.6 Å². The fourth-order valence-corrected chi connectivity index (χ4v) is 3.86. The van der Waals surface area contributed by atoms with Crippen LogP contribution < -0.4 is 11.2 Å². The van der Waals surface area contributed by atoms with Crippen LogP contribution >= 0.6 is 0 Å². The fraction of sp³-hybridized carbons (Fsp3) is 0.217. The lowest BCUT2D eigenvalue weighted by Crippen LogP contribution is -2.36. The van der Waals surface area contributed by atoms with Gasteiger partial charge in [-0.15, -0.1) is 0 Å². The summed E-state index contributed by atoms with van der Waals surface area (Å²) in [5.41, 5.74) is 4.11. The highest BCUT2D eigenvalue weighted by Crippen LogP contribution is 2.34. The third kappa shape index (κ3) is 3.07. The number of hydrogen-bond acceptors (Lipinski definition) is 4. The normalized spacial score (nSPS) is 11.3. The van der Waals surface area contributed by atoms with E-state index in [2.05, 4.69) is 0 Å². The summed E-state index contributed by atoms with van der Waals surface area (Å²) < 4.78 is 4.30. The summed E-state index contributed by atoms with van der Waals surface area (Å²) in [5, 5.41) is 11.9. The monoisotopic (exact) mass is 418 g/mol. The predicted molar refractivity (Wildman–Crippen MR) is 120 cm³/mol. The van der Waals surface area contributed by atoms with Crippen LogP contribution in [0, 0.1) is 30.9 Å². The zero-order chi connectivity index (χ0) is 22.6. The first-order valence-corrected chi connectivity index (χ1v) is 9.76. The van der Waals surface area contributed by atoms with Gasteiger partial charge in [0.05, 0.1) is 21.5 Å². The van der Waals surface area contributed by atoms with Crippen molar-refractivity contribution in [2.75, 3.05) is 0 Å². The number of rotatable bonds is 3. The van der Waals surface area contributed by atoms with Gasteiger partial charge in [-0.3, -0.25) is 24.0 Å². The predicted octanol–water partition coefficient (Wildman–Crippen LogP) is 3.53. The second-order valence-corrected chi connectivity index (χ2v) is 7.84. The van der Waals surface area contributed by atoms with Gasteiger partial charge < -0.3 is 4.57 Å². The highest BCUT2D eigenvalue weighted by molar-refractivity contribution is 5.95. The maximum Gasteiger partial charge on any atom is 0.330 e. The largest absolute Gasteiger partial charge is 0.330 e. The van der Waals surface area contributed by atoms with E-state index >= 15 is 0 Å². The lowest BCUT2D eigenvalue weighted by Gasteiger charge is -2.12. The van der Waals surface area contributed by atoms with Gasteiger partial charge in [0.2, 0.25) is 0 Å². The molecule has 4 aromatic rings. The number of fused-ring (bicyclic) bond motifs is 1. The molecule has 8 nitrogen and oxygen atoms in total. The van der Waals surface area contributed by atoms with Crippen LogP contribution in [-0.2, 0) is 14.1 Å². The summed E-state index contributed by atoms with van der Waals surface area (Å²) in [4.78, 5) is 36.8. The molecule has 0 spiro atoms. The summed E-state index contributed by atoms with van der Waals surface area (Å²) in [7, 11) is 3.04. The molecule has 0 N–H and O–H groups in total. The van der Waals surface area contributed by atoms with E-state index in [1.165, 1.54) is 17.7 Å². The van der Waals surface area contributed by atoms with Gasteiger partial charge in [-0.25, -0.2) is 4.79 Å². The Hall–Kier alpha value is -3.94. The van der Waals surface area contributed by atoms with E-state index in [1.807, 2.05) is 36.6 Å². The van der Waals surface area contributed by atoms with Crippen molar-refractivity contribution in [2.45, 2.75) is 20.8 Å².